The Hall–Kier alpha value is -0.710. The maximum Gasteiger partial charge on any atom is 0.316 e. The quantitative estimate of drug-likeness (QED) is 0.685. The average molecular weight is 220 g/mol. The number of esters is 1. The molecule has 0 saturated carbocycles. The van der Waals surface area contributed by atoms with Crippen LogP contribution in [0.2, 0.25) is 0 Å². The van der Waals surface area contributed by atoms with E-state index in [1.54, 1.807) is 6.92 Å². The lowest BCUT2D eigenvalue weighted by Crippen LogP contribution is -2.24. The number of hydrogen-bond acceptors (Lipinski definition) is 4. The summed E-state index contributed by atoms with van der Waals surface area (Å²) in [6.45, 7) is 5.69. The standard InChI is InChI=1S/C9H16O4S/c1-4-13-7(10)5-14-8(6(2)3)9(11)12/h6,8H,4-5H2,1-3H3,(H,11,12). The van der Waals surface area contributed by atoms with Gasteiger partial charge in [-0.3, -0.25) is 9.59 Å². The van der Waals surface area contributed by atoms with Gasteiger partial charge in [-0.05, 0) is 12.8 Å². The number of carbonyl (C=O) groups is 2. The number of ether oxygens (including phenoxy) is 1. The Morgan fingerprint density at radius 3 is 2.36 bits per heavy atom. The minimum atomic E-state index is -0.880. The zero-order chi connectivity index (χ0) is 11.1. The topological polar surface area (TPSA) is 63.6 Å². The second-order valence-corrected chi connectivity index (χ2v) is 4.25. The van der Waals surface area contributed by atoms with Crippen LogP contribution in [-0.2, 0) is 14.3 Å². The average Bonchev–Trinajstić information content (AvgIpc) is 2.03. The maximum absolute atomic E-state index is 11.0. The summed E-state index contributed by atoms with van der Waals surface area (Å²) in [7, 11) is 0. The van der Waals surface area contributed by atoms with Crippen molar-refractivity contribution in [1.82, 2.24) is 0 Å². The summed E-state index contributed by atoms with van der Waals surface area (Å²) >= 11 is 1.11. The molecule has 0 aromatic rings. The van der Waals surface area contributed by atoms with Crippen LogP contribution in [0.15, 0.2) is 0 Å². The van der Waals surface area contributed by atoms with Gasteiger partial charge in [-0.25, -0.2) is 0 Å². The molecule has 0 aromatic carbocycles. The second kappa shape index (κ2) is 6.70. The van der Waals surface area contributed by atoms with Crippen molar-refractivity contribution in [1.29, 1.82) is 0 Å². The lowest BCUT2D eigenvalue weighted by molar-refractivity contribution is -0.139. The molecule has 4 nitrogen and oxygen atoms in total. The van der Waals surface area contributed by atoms with E-state index in [4.69, 9.17) is 9.84 Å². The Balaban J connectivity index is 3.94. The first-order chi connectivity index (χ1) is 6.49. The van der Waals surface area contributed by atoms with Gasteiger partial charge < -0.3 is 9.84 Å². The molecule has 0 aliphatic heterocycles. The van der Waals surface area contributed by atoms with Crippen molar-refractivity contribution in [2.75, 3.05) is 12.4 Å². The summed E-state index contributed by atoms with van der Waals surface area (Å²) in [5.41, 5.74) is 0. The molecule has 0 aliphatic carbocycles. The highest BCUT2D eigenvalue weighted by Crippen LogP contribution is 2.19. The van der Waals surface area contributed by atoms with E-state index in [2.05, 4.69) is 0 Å². The Labute approximate surface area is 88.0 Å². The van der Waals surface area contributed by atoms with E-state index < -0.39 is 11.2 Å². The van der Waals surface area contributed by atoms with Crippen molar-refractivity contribution in [3.05, 3.63) is 0 Å². The monoisotopic (exact) mass is 220 g/mol. The van der Waals surface area contributed by atoms with Gasteiger partial charge in [0.25, 0.3) is 0 Å². The van der Waals surface area contributed by atoms with Crippen molar-refractivity contribution < 1.29 is 19.4 Å². The third kappa shape index (κ3) is 5.11. The van der Waals surface area contributed by atoms with E-state index in [1.807, 2.05) is 13.8 Å². The molecule has 0 spiro atoms. The Bertz CT molecular complexity index is 203. The van der Waals surface area contributed by atoms with E-state index in [9.17, 15) is 9.59 Å². The van der Waals surface area contributed by atoms with Crippen LogP contribution in [0.5, 0.6) is 0 Å². The Kier molecular flexibility index (Phi) is 6.36. The first-order valence-corrected chi connectivity index (χ1v) is 5.54. The van der Waals surface area contributed by atoms with Gasteiger partial charge in [-0.2, -0.15) is 0 Å². The summed E-state index contributed by atoms with van der Waals surface area (Å²) in [6.07, 6.45) is 0. The zero-order valence-electron chi connectivity index (χ0n) is 8.65. The van der Waals surface area contributed by atoms with E-state index in [0.29, 0.717) is 6.61 Å². The molecule has 0 rings (SSSR count). The first-order valence-electron chi connectivity index (χ1n) is 4.49. The largest absolute Gasteiger partial charge is 0.480 e. The molecule has 0 saturated heterocycles. The molecule has 5 heteroatoms. The molecule has 82 valence electrons. The van der Waals surface area contributed by atoms with Gasteiger partial charge in [-0.15, -0.1) is 11.8 Å². The van der Waals surface area contributed by atoms with E-state index in [-0.39, 0.29) is 17.6 Å². The third-order valence-corrected chi connectivity index (χ3v) is 3.04. The van der Waals surface area contributed by atoms with Gasteiger partial charge in [0.05, 0.1) is 12.4 Å². The van der Waals surface area contributed by atoms with Crippen molar-refractivity contribution in [2.45, 2.75) is 26.0 Å². The minimum absolute atomic E-state index is 0.00641. The molecular weight excluding hydrogens is 204 g/mol. The van der Waals surface area contributed by atoms with Gasteiger partial charge in [0.2, 0.25) is 0 Å². The summed E-state index contributed by atoms with van der Waals surface area (Å²) < 4.78 is 4.70. The van der Waals surface area contributed by atoms with E-state index in [0.717, 1.165) is 11.8 Å². The summed E-state index contributed by atoms with van der Waals surface area (Å²) in [6, 6.07) is 0. The van der Waals surface area contributed by atoms with Gasteiger partial charge in [0, 0.05) is 0 Å². The summed E-state index contributed by atoms with van der Waals surface area (Å²) in [5, 5.41) is 8.27. The fourth-order valence-electron chi connectivity index (χ4n) is 0.909. The fraction of sp³-hybridized carbons (Fsp3) is 0.778. The van der Waals surface area contributed by atoms with Crippen LogP contribution in [0.1, 0.15) is 20.8 Å². The highest BCUT2D eigenvalue weighted by Gasteiger charge is 2.23. The lowest BCUT2D eigenvalue weighted by atomic mass is 10.1. The Morgan fingerprint density at radius 2 is 2.00 bits per heavy atom. The van der Waals surface area contributed by atoms with Gasteiger partial charge >= 0.3 is 11.9 Å². The Morgan fingerprint density at radius 1 is 1.43 bits per heavy atom. The number of carbonyl (C=O) groups excluding carboxylic acids is 1. The molecular formula is C9H16O4S. The number of hydrogen-bond donors (Lipinski definition) is 1. The van der Waals surface area contributed by atoms with Crippen molar-refractivity contribution in [3.63, 3.8) is 0 Å². The smallest absolute Gasteiger partial charge is 0.316 e. The van der Waals surface area contributed by atoms with Crippen LogP contribution in [0.3, 0.4) is 0 Å². The van der Waals surface area contributed by atoms with E-state index in [1.165, 1.54) is 0 Å². The second-order valence-electron chi connectivity index (χ2n) is 3.12. The molecule has 0 heterocycles. The number of carboxylic acids is 1. The van der Waals surface area contributed by atoms with Crippen molar-refractivity contribution in [2.24, 2.45) is 5.92 Å². The fourth-order valence-corrected chi connectivity index (χ4v) is 1.84. The lowest BCUT2D eigenvalue weighted by Gasteiger charge is -2.14. The molecule has 1 N–H and O–H groups in total. The highest BCUT2D eigenvalue weighted by atomic mass is 32.2. The minimum Gasteiger partial charge on any atom is -0.480 e. The van der Waals surface area contributed by atoms with Gasteiger partial charge in [0.15, 0.2) is 0 Å². The van der Waals surface area contributed by atoms with Crippen LogP contribution in [0, 0.1) is 5.92 Å². The normalized spacial score (nSPS) is 12.6. The predicted molar refractivity (Wildman–Crippen MR) is 55.4 cm³/mol. The molecule has 1 unspecified atom stereocenters. The van der Waals surface area contributed by atoms with Gasteiger partial charge in [-0.1, -0.05) is 13.8 Å². The summed E-state index contributed by atoms with van der Waals surface area (Å²) in [5.74, 6) is -1.13. The molecule has 0 amide bonds. The van der Waals surface area contributed by atoms with Crippen LogP contribution in [0.25, 0.3) is 0 Å². The molecule has 0 radical (unpaired) electrons. The molecule has 0 aliphatic rings. The summed E-state index contributed by atoms with van der Waals surface area (Å²) in [4.78, 5) is 21.7. The maximum atomic E-state index is 11.0. The highest BCUT2D eigenvalue weighted by molar-refractivity contribution is 8.01. The van der Waals surface area contributed by atoms with Crippen LogP contribution < -0.4 is 0 Å². The van der Waals surface area contributed by atoms with Crippen LogP contribution in [-0.4, -0.2) is 34.7 Å². The third-order valence-electron chi connectivity index (χ3n) is 1.53. The molecule has 0 bridgehead atoms. The van der Waals surface area contributed by atoms with Crippen molar-refractivity contribution >= 4 is 23.7 Å². The SMILES string of the molecule is CCOC(=O)CSC(C(=O)O)C(C)C. The number of rotatable bonds is 6. The predicted octanol–water partition coefficient (Wildman–Crippen LogP) is 1.39. The van der Waals surface area contributed by atoms with E-state index >= 15 is 0 Å². The van der Waals surface area contributed by atoms with Crippen LogP contribution >= 0.6 is 11.8 Å². The molecule has 0 aromatic heterocycles. The molecule has 14 heavy (non-hydrogen) atoms. The molecule has 1 atom stereocenters. The van der Waals surface area contributed by atoms with Crippen molar-refractivity contribution in [3.8, 4) is 0 Å². The zero-order valence-corrected chi connectivity index (χ0v) is 9.47. The molecule has 0 fully saturated rings. The first kappa shape index (κ1) is 13.3. The number of carboxylic acid groups (broad SMARTS) is 1. The number of thioether (sulfide) groups is 1. The number of aliphatic carboxylic acids is 1. The van der Waals surface area contributed by atoms with Crippen LogP contribution in [0.4, 0.5) is 0 Å². The van der Waals surface area contributed by atoms with Gasteiger partial charge in [0.1, 0.15) is 5.25 Å².